The molecule has 0 spiro atoms. The Balaban J connectivity index is 2.18. The van der Waals surface area contributed by atoms with E-state index in [0.717, 1.165) is 12.8 Å². The number of carbonyl (C=O) groups is 2. The summed E-state index contributed by atoms with van der Waals surface area (Å²) in [4.78, 5) is 35.4. The Morgan fingerprint density at radius 3 is 2.50 bits per heavy atom. The molecular weight excluding hydrogens is 412 g/mol. The Labute approximate surface area is 178 Å². The van der Waals surface area contributed by atoms with Gasteiger partial charge in [0, 0.05) is 0 Å². The first-order valence-corrected chi connectivity index (χ1v) is 9.57. The zero-order chi connectivity index (χ0) is 22.3. The fourth-order valence-electron chi connectivity index (χ4n) is 2.73. The van der Waals surface area contributed by atoms with Crippen molar-refractivity contribution >= 4 is 41.0 Å². The number of hydrogen-bond acceptors (Lipinski definition) is 8. The van der Waals surface area contributed by atoms with Crippen molar-refractivity contribution in [2.45, 2.75) is 37.8 Å². The van der Waals surface area contributed by atoms with Crippen LogP contribution in [0.1, 0.15) is 36.7 Å². The lowest BCUT2D eigenvalue weighted by Gasteiger charge is -2.28. The van der Waals surface area contributed by atoms with Crippen LogP contribution in [0.5, 0.6) is 0 Å². The molecule has 0 bridgehead atoms. The number of halogens is 1. The molecule has 12 heteroatoms. The summed E-state index contributed by atoms with van der Waals surface area (Å²) in [5.41, 5.74) is 21.3. The van der Waals surface area contributed by atoms with Crippen LogP contribution in [-0.4, -0.2) is 46.0 Å². The first-order chi connectivity index (χ1) is 14.2. The molecule has 0 aromatic carbocycles. The molecule has 30 heavy (non-hydrogen) atoms. The summed E-state index contributed by atoms with van der Waals surface area (Å²) in [6, 6.07) is 0. The van der Waals surface area contributed by atoms with Crippen molar-refractivity contribution in [1.29, 1.82) is 0 Å². The van der Waals surface area contributed by atoms with Crippen LogP contribution < -0.4 is 28.3 Å². The fraction of sp³-hybridized carbons (Fsp3) is 0.389. The predicted molar refractivity (Wildman–Crippen MR) is 114 cm³/mol. The number of unbranched alkanes of at least 4 members (excludes halogenated alkanes) is 1. The van der Waals surface area contributed by atoms with Gasteiger partial charge < -0.3 is 27.7 Å². The summed E-state index contributed by atoms with van der Waals surface area (Å²) in [6.07, 6.45) is 9.14. The second-order valence-electron chi connectivity index (χ2n) is 6.64. The van der Waals surface area contributed by atoms with Gasteiger partial charge in [-0.05, 0) is 6.42 Å². The number of primary amides is 1. The second-order valence-corrected chi connectivity index (χ2v) is 7.00. The van der Waals surface area contributed by atoms with Crippen LogP contribution >= 0.6 is 11.6 Å². The predicted octanol–water partition coefficient (Wildman–Crippen LogP) is 0.264. The highest BCUT2D eigenvalue weighted by Gasteiger charge is 2.27. The third-order valence-corrected chi connectivity index (χ3v) is 4.47. The van der Waals surface area contributed by atoms with Gasteiger partial charge in [-0.2, -0.15) is 0 Å². The van der Waals surface area contributed by atoms with E-state index in [1.54, 1.807) is 12.2 Å². The highest BCUT2D eigenvalue weighted by Crippen LogP contribution is 2.27. The zero-order valence-corrected chi connectivity index (χ0v) is 17.2. The molecule has 162 valence electrons. The minimum Gasteiger partial charge on any atom is -0.382 e. The molecule has 0 unspecified atom stereocenters. The molecule has 2 rings (SSSR count). The highest BCUT2D eigenvalue weighted by atomic mass is 35.5. The number of amides is 2. The Morgan fingerprint density at radius 1 is 1.23 bits per heavy atom. The molecule has 1 aliphatic carbocycles. The third kappa shape index (κ3) is 6.16. The van der Waals surface area contributed by atoms with Gasteiger partial charge in [-0.25, -0.2) is 15.0 Å². The van der Waals surface area contributed by atoms with Crippen molar-refractivity contribution < 1.29 is 14.3 Å². The average molecular weight is 437 g/mol. The van der Waals surface area contributed by atoms with Crippen LogP contribution in [-0.2, 0) is 9.53 Å². The van der Waals surface area contributed by atoms with Crippen molar-refractivity contribution in [2.24, 2.45) is 16.5 Å². The van der Waals surface area contributed by atoms with E-state index in [4.69, 9.17) is 39.3 Å². The van der Waals surface area contributed by atoms with E-state index in [9.17, 15) is 9.59 Å². The first kappa shape index (κ1) is 23.1. The summed E-state index contributed by atoms with van der Waals surface area (Å²) in [5.74, 6) is -1.70. The van der Waals surface area contributed by atoms with Crippen molar-refractivity contribution in [3.05, 3.63) is 35.2 Å². The van der Waals surface area contributed by atoms with Gasteiger partial charge in [-0.3, -0.25) is 14.9 Å². The number of hydrogen-bond donors (Lipinski definition) is 5. The molecule has 1 heterocycles. The summed E-state index contributed by atoms with van der Waals surface area (Å²) in [7, 11) is 0. The number of nitrogens with two attached hydrogens (primary N) is 4. The number of nitrogen functional groups attached to an aromatic ring is 2. The molecule has 9 N–H and O–H groups in total. The maximum absolute atomic E-state index is 12.4. The van der Waals surface area contributed by atoms with Crippen LogP contribution in [0.15, 0.2) is 29.3 Å². The van der Waals surface area contributed by atoms with E-state index in [0.29, 0.717) is 6.42 Å². The summed E-state index contributed by atoms with van der Waals surface area (Å²) in [6.45, 7) is 1.85. The highest BCUT2D eigenvalue weighted by molar-refractivity contribution is 6.31. The van der Waals surface area contributed by atoms with Crippen LogP contribution in [0.25, 0.3) is 0 Å². The smallest absolute Gasteiger partial charge is 0.280 e. The quantitative estimate of drug-likeness (QED) is 0.217. The van der Waals surface area contributed by atoms with Gasteiger partial charge in [-0.1, -0.05) is 55.7 Å². The van der Waals surface area contributed by atoms with Gasteiger partial charge in [-0.15, -0.1) is 0 Å². The Bertz CT molecular complexity index is 886. The number of guanidine groups is 1. The van der Waals surface area contributed by atoms with Crippen LogP contribution in [0.3, 0.4) is 0 Å². The Morgan fingerprint density at radius 2 is 1.90 bits per heavy atom. The van der Waals surface area contributed by atoms with Gasteiger partial charge in [0.25, 0.3) is 5.91 Å². The average Bonchev–Trinajstić information content (AvgIpc) is 2.68. The largest absolute Gasteiger partial charge is 0.382 e. The number of rotatable bonds is 8. The Kier molecular flexibility index (Phi) is 7.72. The van der Waals surface area contributed by atoms with Crippen LogP contribution in [0.4, 0.5) is 11.6 Å². The van der Waals surface area contributed by atoms with Crippen molar-refractivity contribution in [3.8, 4) is 0 Å². The lowest BCUT2D eigenvalue weighted by atomic mass is 9.88. The van der Waals surface area contributed by atoms with E-state index >= 15 is 0 Å². The lowest BCUT2D eigenvalue weighted by Crippen LogP contribution is -2.41. The van der Waals surface area contributed by atoms with Crippen LogP contribution in [0.2, 0.25) is 5.15 Å². The van der Waals surface area contributed by atoms with Crippen LogP contribution in [0, 0.1) is 0 Å². The van der Waals surface area contributed by atoms with Gasteiger partial charge in [0.1, 0.15) is 12.1 Å². The molecule has 0 saturated carbocycles. The van der Waals surface area contributed by atoms with E-state index in [2.05, 4.69) is 20.3 Å². The van der Waals surface area contributed by atoms with Crippen molar-refractivity contribution in [1.82, 2.24) is 15.3 Å². The van der Waals surface area contributed by atoms with Gasteiger partial charge in [0.05, 0.1) is 6.10 Å². The first-order valence-electron chi connectivity index (χ1n) is 9.19. The molecule has 0 aliphatic heterocycles. The number of nitrogens with one attached hydrogen (secondary N) is 1. The zero-order valence-electron chi connectivity index (χ0n) is 16.5. The molecule has 1 aromatic heterocycles. The second kappa shape index (κ2) is 10.0. The number of aliphatic imine (C=N–C) groups is 1. The van der Waals surface area contributed by atoms with Gasteiger partial charge in [0.15, 0.2) is 28.4 Å². The van der Waals surface area contributed by atoms with Crippen molar-refractivity contribution in [3.63, 3.8) is 0 Å². The van der Waals surface area contributed by atoms with Gasteiger partial charge >= 0.3 is 0 Å². The number of anilines is 2. The fourth-order valence-corrected chi connectivity index (χ4v) is 2.85. The number of carbonyl (C=O) groups excluding carboxylic acids is 2. The number of ether oxygens (including phenoxy) is 1. The molecule has 0 radical (unpaired) electrons. The Hall–Kier alpha value is -3.18. The van der Waals surface area contributed by atoms with E-state index in [-0.39, 0.29) is 35.0 Å². The normalized spacial score (nSPS) is 20.9. The maximum atomic E-state index is 12.4. The van der Waals surface area contributed by atoms with E-state index < -0.39 is 23.5 Å². The molecule has 0 atom stereocenters. The number of nitrogens with zero attached hydrogens (tertiary/aromatic N) is 3. The summed E-state index contributed by atoms with van der Waals surface area (Å²) < 4.78 is 5.35. The topological polar surface area (TPSA) is 198 Å². The number of aromatic nitrogens is 2. The SMILES string of the molecule is CCCCC1(N=C(N)NC(=O)c2nc(Cl)c(N)nc2N)C=CC(OCC(N)=O)C=C1. The minimum atomic E-state index is -0.782. The monoisotopic (exact) mass is 436 g/mol. The minimum absolute atomic E-state index is 0.0866. The molecule has 0 fully saturated rings. The van der Waals surface area contributed by atoms with E-state index in [1.807, 2.05) is 19.1 Å². The third-order valence-electron chi connectivity index (χ3n) is 4.19. The molecule has 2 amide bonds. The van der Waals surface area contributed by atoms with Gasteiger partial charge in [0.2, 0.25) is 5.91 Å². The standard InChI is InChI=1S/C18H25ClN8O3/c1-2-3-6-18(7-4-10(5-8-18)30-9-11(20)28)27-17(23)26-16(29)12-14(21)25-15(22)13(19)24-12/h4-5,7-8,10H,2-3,6,9H2,1H3,(H2,20,28)(H4,21,22,25)(H3,23,26,27,29). The molecular formula is C18H25ClN8O3. The summed E-state index contributed by atoms with van der Waals surface area (Å²) >= 11 is 5.81. The van der Waals surface area contributed by atoms with E-state index in [1.165, 1.54) is 0 Å². The molecule has 1 aliphatic rings. The molecule has 11 nitrogen and oxygen atoms in total. The maximum Gasteiger partial charge on any atom is 0.280 e. The van der Waals surface area contributed by atoms with Crippen molar-refractivity contribution in [2.75, 3.05) is 18.1 Å². The molecule has 0 saturated heterocycles. The molecule has 1 aromatic rings. The summed E-state index contributed by atoms with van der Waals surface area (Å²) in [5, 5.41) is 2.28. The lowest BCUT2D eigenvalue weighted by molar-refractivity contribution is -0.123.